The Kier molecular flexibility index (Phi) is 5.11. The first-order chi connectivity index (χ1) is 10.0. The number of nitrogens with one attached hydrogen (secondary N) is 2. The van der Waals surface area contributed by atoms with Gasteiger partial charge in [0.2, 0.25) is 10.0 Å². The lowest BCUT2D eigenvalue weighted by atomic mass is 10.1. The molecule has 0 radical (unpaired) electrons. The zero-order valence-corrected chi connectivity index (χ0v) is 12.9. The maximum atomic E-state index is 12.4. The van der Waals surface area contributed by atoms with E-state index in [4.69, 9.17) is 4.52 Å². The molecule has 6 nitrogen and oxygen atoms in total. The first-order valence-electron chi connectivity index (χ1n) is 6.72. The third-order valence-electron chi connectivity index (χ3n) is 3.05. The molecule has 7 heteroatoms. The quantitative estimate of drug-likeness (QED) is 0.811. The smallest absolute Gasteiger partial charge is 0.241 e. The Balaban J connectivity index is 2.17. The lowest BCUT2D eigenvalue weighted by Gasteiger charge is -2.10. The van der Waals surface area contributed by atoms with Gasteiger partial charge in [-0.15, -0.1) is 0 Å². The van der Waals surface area contributed by atoms with E-state index in [1.54, 1.807) is 19.1 Å². The standard InChI is InChI=1S/C14H19N3O3S/c1-3-15-9-12-5-4-11(2)14(8-12)21(18,19)17-10-13-6-7-16-20-13/h4-8,15,17H,3,9-10H2,1-2H3. The van der Waals surface area contributed by atoms with Crippen LogP contribution in [0.15, 0.2) is 39.9 Å². The molecule has 0 bridgehead atoms. The minimum absolute atomic E-state index is 0.0826. The van der Waals surface area contributed by atoms with Crippen LogP contribution in [0.1, 0.15) is 23.8 Å². The maximum Gasteiger partial charge on any atom is 0.241 e. The molecule has 2 rings (SSSR count). The Labute approximate surface area is 124 Å². The van der Waals surface area contributed by atoms with Crippen LogP contribution in [0.2, 0.25) is 0 Å². The molecule has 0 saturated carbocycles. The third kappa shape index (κ3) is 4.13. The number of benzene rings is 1. The first-order valence-corrected chi connectivity index (χ1v) is 8.20. The van der Waals surface area contributed by atoms with Crippen molar-refractivity contribution in [2.45, 2.75) is 31.8 Å². The summed E-state index contributed by atoms with van der Waals surface area (Å²) in [5.74, 6) is 0.472. The van der Waals surface area contributed by atoms with Gasteiger partial charge in [0.05, 0.1) is 17.6 Å². The summed E-state index contributed by atoms with van der Waals surface area (Å²) in [6.45, 7) is 5.34. The van der Waals surface area contributed by atoms with Gasteiger partial charge in [-0.05, 0) is 30.7 Å². The number of hydrogen-bond acceptors (Lipinski definition) is 5. The predicted octanol–water partition coefficient (Wildman–Crippen LogP) is 1.57. The van der Waals surface area contributed by atoms with Crippen molar-refractivity contribution in [1.82, 2.24) is 15.2 Å². The second-order valence-electron chi connectivity index (χ2n) is 4.68. The molecule has 2 aromatic rings. The fourth-order valence-corrected chi connectivity index (χ4v) is 3.18. The summed E-state index contributed by atoms with van der Waals surface area (Å²) < 4.78 is 32.2. The topological polar surface area (TPSA) is 84.2 Å². The van der Waals surface area contributed by atoms with Crippen LogP contribution in [0.5, 0.6) is 0 Å². The predicted molar refractivity (Wildman–Crippen MR) is 79.1 cm³/mol. The summed E-state index contributed by atoms with van der Waals surface area (Å²) in [4.78, 5) is 0.289. The van der Waals surface area contributed by atoms with E-state index in [2.05, 4.69) is 15.2 Å². The van der Waals surface area contributed by atoms with E-state index in [0.717, 1.165) is 12.1 Å². The van der Waals surface area contributed by atoms with Gasteiger partial charge in [0.1, 0.15) is 0 Å². The minimum atomic E-state index is -3.58. The Hall–Kier alpha value is -1.70. The van der Waals surface area contributed by atoms with Gasteiger partial charge in [0.15, 0.2) is 5.76 Å². The molecule has 0 fully saturated rings. The van der Waals surface area contributed by atoms with Gasteiger partial charge in [-0.3, -0.25) is 0 Å². The number of aromatic nitrogens is 1. The van der Waals surface area contributed by atoms with E-state index >= 15 is 0 Å². The van der Waals surface area contributed by atoms with Gasteiger partial charge in [0.25, 0.3) is 0 Å². The van der Waals surface area contributed by atoms with Crippen molar-refractivity contribution in [2.75, 3.05) is 6.54 Å². The molecule has 21 heavy (non-hydrogen) atoms. The third-order valence-corrected chi connectivity index (χ3v) is 4.59. The van der Waals surface area contributed by atoms with Gasteiger partial charge in [-0.25, -0.2) is 13.1 Å². The average molecular weight is 309 g/mol. The van der Waals surface area contributed by atoms with Crippen molar-refractivity contribution in [3.63, 3.8) is 0 Å². The van der Waals surface area contributed by atoms with Crippen LogP contribution in [-0.4, -0.2) is 20.1 Å². The molecule has 0 amide bonds. The molecule has 0 aliphatic heterocycles. The molecule has 0 saturated heterocycles. The van der Waals surface area contributed by atoms with E-state index in [0.29, 0.717) is 17.9 Å². The molecule has 0 atom stereocenters. The maximum absolute atomic E-state index is 12.4. The lowest BCUT2D eigenvalue weighted by Crippen LogP contribution is -2.24. The fourth-order valence-electron chi connectivity index (χ4n) is 1.89. The molecule has 2 N–H and O–H groups in total. The van der Waals surface area contributed by atoms with Gasteiger partial charge < -0.3 is 9.84 Å². The Morgan fingerprint density at radius 3 is 2.71 bits per heavy atom. The summed E-state index contributed by atoms with van der Waals surface area (Å²) in [5, 5.41) is 6.72. The highest BCUT2D eigenvalue weighted by Gasteiger charge is 2.17. The lowest BCUT2D eigenvalue weighted by molar-refractivity contribution is 0.380. The Morgan fingerprint density at radius 2 is 2.05 bits per heavy atom. The largest absolute Gasteiger partial charge is 0.360 e. The molecule has 0 unspecified atom stereocenters. The van der Waals surface area contributed by atoms with Gasteiger partial charge in [0, 0.05) is 12.6 Å². The van der Waals surface area contributed by atoms with Crippen molar-refractivity contribution in [3.8, 4) is 0 Å². The SMILES string of the molecule is CCNCc1ccc(C)c(S(=O)(=O)NCc2ccno2)c1. The fraction of sp³-hybridized carbons (Fsp3) is 0.357. The van der Waals surface area contributed by atoms with Crippen molar-refractivity contribution in [1.29, 1.82) is 0 Å². The second-order valence-corrected chi connectivity index (χ2v) is 6.42. The monoisotopic (exact) mass is 309 g/mol. The number of hydrogen-bond donors (Lipinski definition) is 2. The van der Waals surface area contributed by atoms with E-state index in [1.165, 1.54) is 6.20 Å². The second kappa shape index (κ2) is 6.84. The molecule has 1 heterocycles. The van der Waals surface area contributed by atoms with Crippen LogP contribution in [-0.2, 0) is 23.1 Å². The summed E-state index contributed by atoms with van der Waals surface area (Å²) in [6, 6.07) is 7.06. The average Bonchev–Trinajstić information content (AvgIpc) is 2.97. The van der Waals surface area contributed by atoms with E-state index in [1.807, 2.05) is 19.1 Å². The molecular formula is C14H19N3O3S. The minimum Gasteiger partial charge on any atom is -0.360 e. The zero-order chi connectivity index (χ0) is 15.3. The van der Waals surface area contributed by atoms with Gasteiger partial charge in [-0.2, -0.15) is 0 Å². The first kappa shape index (κ1) is 15.7. The van der Waals surface area contributed by atoms with E-state index < -0.39 is 10.0 Å². The van der Waals surface area contributed by atoms with Crippen LogP contribution in [0, 0.1) is 6.92 Å². The number of nitrogens with zero attached hydrogens (tertiary/aromatic N) is 1. The molecule has 1 aromatic carbocycles. The summed E-state index contributed by atoms with van der Waals surface area (Å²) >= 11 is 0. The van der Waals surface area contributed by atoms with Crippen LogP contribution >= 0.6 is 0 Å². The molecular weight excluding hydrogens is 290 g/mol. The highest BCUT2D eigenvalue weighted by atomic mass is 32.2. The van der Waals surface area contributed by atoms with E-state index in [-0.39, 0.29) is 11.4 Å². The summed E-state index contributed by atoms with van der Waals surface area (Å²) in [7, 11) is -3.58. The summed E-state index contributed by atoms with van der Waals surface area (Å²) in [6.07, 6.45) is 1.48. The molecule has 0 aliphatic carbocycles. The normalized spacial score (nSPS) is 11.7. The number of sulfonamides is 1. The molecule has 114 valence electrons. The van der Waals surface area contributed by atoms with Gasteiger partial charge in [-0.1, -0.05) is 24.2 Å². The molecule has 1 aromatic heterocycles. The van der Waals surface area contributed by atoms with Crippen molar-refractivity contribution in [3.05, 3.63) is 47.3 Å². The van der Waals surface area contributed by atoms with Gasteiger partial charge >= 0.3 is 0 Å². The van der Waals surface area contributed by atoms with Crippen molar-refractivity contribution < 1.29 is 12.9 Å². The highest BCUT2D eigenvalue weighted by Crippen LogP contribution is 2.17. The van der Waals surface area contributed by atoms with Crippen LogP contribution in [0.25, 0.3) is 0 Å². The number of rotatable bonds is 7. The van der Waals surface area contributed by atoms with Crippen molar-refractivity contribution in [2.24, 2.45) is 0 Å². The Bertz CT molecular complexity index is 681. The zero-order valence-electron chi connectivity index (χ0n) is 12.1. The van der Waals surface area contributed by atoms with E-state index in [9.17, 15) is 8.42 Å². The van der Waals surface area contributed by atoms with Crippen LogP contribution in [0.4, 0.5) is 0 Å². The highest BCUT2D eigenvalue weighted by molar-refractivity contribution is 7.89. The summed E-state index contributed by atoms with van der Waals surface area (Å²) in [5.41, 5.74) is 1.64. The number of aryl methyl sites for hydroxylation is 1. The van der Waals surface area contributed by atoms with Crippen LogP contribution < -0.4 is 10.0 Å². The van der Waals surface area contributed by atoms with Crippen molar-refractivity contribution >= 4 is 10.0 Å². The molecule has 0 aliphatic rings. The van der Waals surface area contributed by atoms with Crippen LogP contribution in [0.3, 0.4) is 0 Å². The Morgan fingerprint density at radius 1 is 1.24 bits per heavy atom. The molecule has 0 spiro atoms.